The van der Waals surface area contributed by atoms with Gasteiger partial charge < -0.3 is 0 Å². The van der Waals surface area contributed by atoms with Gasteiger partial charge in [-0.25, -0.2) is 0 Å². The van der Waals surface area contributed by atoms with Crippen molar-refractivity contribution >= 4 is 1.88 Å². The second kappa shape index (κ2) is 2.18. The van der Waals surface area contributed by atoms with Crippen molar-refractivity contribution in [3.63, 3.8) is 0 Å². The van der Waals surface area contributed by atoms with Gasteiger partial charge in [-0.05, 0) is 0 Å². The first kappa shape index (κ1) is 4.93. The molecule has 0 aliphatic carbocycles. The Morgan fingerprint density at radius 2 is 2.00 bits per heavy atom. The normalized spacial score (nSPS) is 6.75. The van der Waals surface area contributed by atoms with E-state index in [9.17, 15) is 4.79 Å². The van der Waals surface area contributed by atoms with Crippen molar-refractivity contribution < 1.29 is 40.6 Å². The van der Waals surface area contributed by atoms with Crippen LogP contribution in [0, 0.1) is 35.8 Å². The van der Waals surface area contributed by atoms with Crippen molar-refractivity contribution in [3.05, 3.63) is 0 Å². The van der Waals surface area contributed by atoms with Gasteiger partial charge in [-0.15, -0.1) is 0 Å². The van der Waals surface area contributed by atoms with Crippen molar-refractivity contribution in [1.82, 2.24) is 0 Å². The average molecular weight is 208 g/mol. The van der Waals surface area contributed by atoms with Gasteiger partial charge in [-0.1, -0.05) is 0 Å². The predicted molar refractivity (Wildman–Crippen MR) is 10.7 cm³/mol. The first-order valence-corrected chi connectivity index (χ1v) is 1.82. The second-order valence-electron chi connectivity index (χ2n) is 0.416. The Morgan fingerprint density at radius 3 is 2.00 bits per heavy atom. The summed E-state index contributed by atoms with van der Waals surface area (Å²) in [5, 5.41) is 0. The fourth-order valence-corrected chi connectivity index (χ4v) is 0. The van der Waals surface area contributed by atoms with Crippen molar-refractivity contribution in [1.29, 1.82) is 0 Å². The number of carbonyl (C=O) groups excluding carboxylic acids is 1. The Morgan fingerprint density at radius 1 is 2.00 bits per heavy atom. The van der Waals surface area contributed by atoms with Gasteiger partial charge in [0.2, 0.25) is 0 Å². The molecular formula is C2H3HoO. The second-order valence-corrected chi connectivity index (χ2v) is 1.78. The fourth-order valence-electron chi connectivity index (χ4n) is 0. The molecule has 0 rings (SSSR count). The Balaban J connectivity index is 2.80. The van der Waals surface area contributed by atoms with Crippen molar-refractivity contribution in [2.75, 3.05) is 0 Å². The van der Waals surface area contributed by atoms with Gasteiger partial charge in [0.25, 0.3) is 0 Å². The van der Waals surface area contributed by atoms with Crippen molar-refractivity contribution in [2.24, 2.45) is 0 Å². The Labute approximate surface area is 49.0 Å². The molecule has 0 unspecified atom stereocenters. The van der Waals surface area contributed by atoms with Crippen LogP contribution < -0.4 is 0 Å². The molecule has 4 heavy (non-hydrogen) atoms. The van der Waals surface area contributed by atoms with E-state index in [4.69, 9.17) is 0 Å². The topological polar surface area (TPSA) is 17.1 Å². The molecule has 2 heteroatoms. The summed E-state index contributed by atoms with van der Waals surface area (Å²) < 4.78 is 0.111. The van der Waals surface area contributed by atoms with E-state index >= 15 is 0 Å². The van der Waals surface area contributed by atoms with Crippen molar-refractivity contribution in [2.45, 2.75) is 6.92 Å². The van der Waals surface area contributed by atoms with Gasteiger partial charge >= 0.3 is 49.4 Å². The van der Waals surface area contributed by atoms with Crippen LogP contribution >= 0.6 is 0 Å². The summed E-state index contributed by atoms with van der Waals surface area (Å²) in [6.45, 7) is 1.50. The van der Waals surface area contributed by atoms with E-state index in [0.717, 1.165) is 0 Å². The SMILES string of the molecule is C[C](=O)[Ho]. The number of carbonyl (C=O) groups is 1. The zero-order valence-electron chi connectivity index (χ0n) is 2.21. The van der Waals surface area contributed by atoms with Crippen LogP contribution in [-0.4, -0.2) is 1.88 Å². The average Bonchev–Trinajstić information content (AvgIpc) is 0.811. The molecule has 0 aromatic heterocycles. The van der Waals surface area contributed by atoms with Crippen LogP contribution in [0.1, 0.15) is 6.92 Å². The Hall–Kier alpha value is 0.930. The molecule has 0 saturated carbocycles. The van der Waals surface area contributed by atoms with E-state index in [1.807, 2.05) is 35.8 Å². The third-order valence-electron chi connectivity index (χ3n) is 0. The van der Waals surface area contributed by atoms with Gasteiger partial charge in [-0.2, -0.15) is 0 Å². The van der Waals surface area contributed by atoms with Crippen LogP contribution in [0.15, 0.2) is 0 Å². The summed E-state index contributed by atoms with van der Waals surface area (Å²) in [6, 6.07) is 0. The van der Waals surface area contributed by atoms with E-state index in [-0.39, 0.29) is 1.88 Å². The molecule has 0 aliphatic rings. The summed E-state index contributed by atoms with van der Waals surface area (Å²) in [6.07, 6.45) is 0. The summed E-state index contributed by atoms with van der Waals surface area (Å²) in [5.74, 6) is 0. The third-order valence-corrected chi connectivity index (χ3v) is 0. The van der Waals surface area contributed by atoms with Gasteiger partial charge in [0, 0.05) is 0 Å². The summed E-state index contributed by atoms with van der Waals surface area (Å²) in [4.78, 5) is 9.42. The van der Waals surface area contributed by atoms with E-state index in [0.29, 0.717) is 0 Å². The molecule has 0 radical (unpaired) electrons. The van der Waals surface area contributed by atoms with E-state index in [2.05, 4.69) is 0 Å². The minimum atomic E-state index is 0.111. The molecule has 0 fully saturated rings. The number of hydrogen-bond acceptors (Lipinski definition) is 1. The van der Waals surface area contributed by atoms with Gasteiger partial charge in [0.05, 0.1) is 0 Å². The van der Waals surface area contributed by atoms with Gasteiger partial charge in [0.1, 0.15) is 0 Å². The molecule has 0 bridgehead atoms. The molecule has 1 nitrogen and oxygen atoms in total. The molecule has 0 atom stereocenters. The number of hydrogen-bond donors (Lipinski definition) is 0. The van der Waals surface area contributed by atoms with E-state index in [1.165, 1.54) is 6.92 Å². The Bertz CT molecular complexity index is 29.0. The molecule has 28 valence electrons. The van der Waals surface area contributed by atoms with E-state index in [1.54, 1.807) is 0 Å². The molecule has 0 aromatic carbocycles. The predicted octanol–water partition coefficient (Wildman–Crippen LogP) is 0.0822. The molecule has 0 aliphatic heterocycles. The maximum absolute atomic E-state index is 9.42. The zero-order valence-corrected chi connectivity index (χ0v) is 4.14. The summed E-state index contributed by atoms with van der Waals surface area (Å²) in [5.41, 5.74) is 0. The first-order chi connectivity index (χ1) is 1.73. The van der Waals surface area contributed by atoms with Crippen molar-refractivity contribution in [3.8, 4) is 0 Å². The standard InChI is InChI=1S/C2H3O.Ho/c1-2-3;/h1H3;. The molecule has 0 N–H and O–H groups in total. The summed E-state index contributed by atoms with van der Waals surface area (Å²) in [7, 11) is 0. The quantitative estimate of drug-likeness (QED) is 0.515. The first-order valence-electron chi connectivity index (χ1n) is 0.855. The van der Waals surface area contributed by atoms with Gasteiger partial charge in [0.15, 0.2) is 0 Å². The maximum atomic E-state index is 9.42. The van der Waals surface area contributed by atoms with Crippen LogP contribution in [0.2, 0.25) is 0 Å². The summed E-state index contributed by atoms with van der Waals surface area (Å²) >= 11 is 1.85. The molecule has 0 spiro atoms. The van der Waals surface area contributed by atoms with Crippen LogP contribution in [-0.2, 0) is 4.79 Å². The molecule has 0 saturated heterocycles. The van der Waals surface area contributed by atoms with Crippen LogP contribution in [0.25, 0.3) is 0 Å². The minimum absolute atomic E-state index is 0.111. The Kier molecular flexibility index (Phi) is 2.69. The van der Waals surface area contributed by atoms with Gasteiger partial charge in [-0.3, -0.25) is 0 Å². The zero-order chi connectivity index (χ0) is 3.58. The van der Waals surface area contributed by atoms with Crippen LogP contribution in [0.3, 0.4) is 0 Å². The molecular weight excluding hydrogens is 205 g/mol. The number of rotatable bonds is 0. The molecule has 0 heterocycles. The molecule has 0 amide bonds. The molecule has 0 aromatic rings. The fraction of sp³-hybridized carbons (Fsp3) is 0.500. The van der Waals surface area contributed by atoms with Crippen LogP contribution in [0.4, 0.5) is 0 Å². The third kappa shape index (κ3) is 12.6. The van der Waals surface area contributed by atoms with Crippen LogP contribution in [0.5, 0.6) is 0 Å². The van der Waals surface area contributed by atoms with E-state index < -0.39 is 0 Å². The monoisotopic (exact) mass is 208 g/mol.